The van der Waals surface area contributed by atoms with Gasteiger partial charge >= 0.3 is 0 Å². The Kier molecular flexibility index (Phi) is 4.55. The summed E-state index contributed by atoms with van der Waals surface area (Å²) < 4.78 is 5.57. The van der Waals surface area contributed by atoms with Crippen molar-refractivity contribution in [1.29, 1.82) is 0 Å². The molecule has 0 heterocycles. The summed E-state index contributed by atoms with van der Waals surface area (Å²) in [7, 11) is 3.24. The molecule has 81 valence electrons. The third-order valence-corrected chi connectivity index (χ3v) is 3.62. The summed E-state index contributed by atoms with van der Waals surface area (Å²) in [6, 6.07) is 8.53. The summed E-state index contributed by atoms with van der Waals surface area (Å²) >= 11 is 0. The van der Waals surface area contributed by atoms with Gasteiger partial charge in [-0.3, -0.25) is 0 Å². The molecule has 0 spiro atoms. The molecule has 0 unspecified atom stereocenters. The van der Waals surface area contributed by atoms with Crippen LogP contribution in [0, 0.1) is 0 Å². The molecule has 2 heteroatoms. The zero-order chi connectivity index (χ0) is 11.3. The van der Waals surface area contributed by atoms with Crippen molar-refractivity contribution in [1.82, 2.24) is 0 Å². The lowest BCUT2D eigenvalue weighted by molar-refractivity contribution is 0.0676. The van der Waals surface area contributed by atoms with Gasteiger partial charge in [0, 0.05) is 0 Å². The Morgan fingerprint density at radius 2 is 1.73 bits per heavy atom. The van der Waals surface area contributed by atoms with Gasteiger partial charge in [0.2, 0.25) is 10.5 Å². The monoisotopic (exact) mass is 219 g/mol. The van der Waals surface area contributed by atoms with Crippen molar-refractivity contribution in [2.24, 2.45) is 0 Å². The maximum Gasteiger partial charge on any atom is 0.247 e. The van der Waals surface area contributed by atoms with Gasteiger partial charge in [-0.15, -0.1) is 0 Å². The third-order valence-electron chi connectivity index (χ3n) is 3.23. The van der Waals surface area contributed by atoms with Gasteiger partial charge < -0.3 is 4.43 Å². The second-order valence-electron chi connectivity index (χ2n) is 3.81. The normalized spacial score (nSPS) is 11.7. The van der Waals surface area contributed by atoms with Crippen molar-refractivity contribution in [2.45, 2.75) is 45.6 Å². The molecule has 0 amide bonds. The Morgan fingerprint density at radius 3 is 2.20 bits per heavy atom. The van der Waals surface area contributed by atoms with E-state index in [1.54, 1.807) is 0 Å². The van der Waals surface area contributed by atoms with Crippen molar-refractivity contribution < 1.29 is 4.43 Å². The molecule has 0 aliphatic rings. The van der Waals surface area contributed by atoms with Crippen LogP contribution in [0.25, 0.3) is 0 Å². The van der Waals surface area contributed by atoms with E-state index < -0.39 is 0 Å². The van der Waals surface area contributed by atoms with E-state index in [0.717, 1.165) is 19.3 Å². The number of benzene rings is 1. The first-order chi connectivity index (χ1) is 7.24. The molecule has 15 heavy (non-hydrogen) atoms. The lowest BCUT2D eigenvalue weighted by Gasteiger charge is -2.33. The minimum Gasteiger partial charge on any atom is -0.409 e. The first-order valence-electron chi connectivity index (χ1n) is 5.67. The lowest BCUT2D eigenvalue weighted by atomic mass is 9.85. The molecule has 1 aromatic rings. The Morgan fingerprint density at radius 1 is 1.13 bits per heavy atom. The van der Waals surface area contributed by atoms with Gasteiger partial charge in [-0.2, -0.15) is 0 Å². The van der Waals surface area contributed by atoms with E-state index in [9.17, 15) is 0 Å². The van der Waals surface area contributed by atoms with Gasteiger partial charge in [0.25, 0.3) is 0 Å². The van der Waals surface area contributed by atoms with Gasteiger partial charge in [-0.05, 0) is 30.4 Å². The second-order valence-corrected chi connectivity index (χ2v) is 4.02. The SMILES string of the molecule is CCc1ccccc1C(CC)(CC)O[Si]. The van der Waals surface area contributed by atoms with Crippen molar-refractivity contribution in [3.05, 3.63) is 35.4 Å². The zero-order valence-electron chi connectivity index (χ0n) is 9.84. The van der Waals surface area contributed by atoms with E-state index in [2.05, 4.69) is 55.5 Å². The summed E-state index contributed by atoms with van der Waals surface area (Å²) in [5.74, 6) is 0. The average molecular weight is 219 g/mol. The van der Waals surface area contributed by atoms with Crippen molar-refractivity contribution in [2.75, 3.05) is 0 Å². The van der Waals surface area contributed by atoms with Crippen molar-refractivity contribution in [3.8, 4) is 0 Å². The van der Waals surface area contributed by atoms with E-state index in [0.29, 0.717) is 0 Å². The number of aryl methyl sites for hydroxylation is 1. The fourth-order valence-electron chi connectivity index (χ4n) is 2.10. The van der Waals surface area contributed by atoms with Crippen LogP contribution in [0.1, 0.15) is 44.7 Å². The summed E-state index contributed by atoms with van der Waals surface area (Å²) in [6.07, 6.45) is 3.00. The topological polar surface area (TPSA) is 9.23 Å². The summed E-state index contributed by atoms with van der Waals surface area (Å²) in [6.45, 7) is 6.51. The molecule has 0 aliphatic heterocycles. The lowest BCUT2D eigenvalue weighted by Crippen LogP contribution is -2.28. The van der Waals surface area contributed by atoms with Gasteiger partial charge in [0.1, 0.15) is 0 Å². The van der Waals surface area contributed by atoms with E-state index in [1.165, 1.54) is 11.1 Å². The van der Waals surface area contributed by atoms with Crippen LogP contribution >= 0.6 is 0 Å². The van der Waals surface area contributed by atoms with Gasteiger partial charge in [0.15, 0.2) is 0 Å². The summed E-state index contributed by atoms with van der Waals surface area (Å²) in [5, 5.41) is 0. The predicted octanol–water partition coefficient (Wildman–Crippen LogP) is 3.36. The molecular weight excluding hydrogens is 200 g/mol. The van der Waals surface area contributed by atoms with Gasteiger partial charge in [-0.25, -0.2) is 0 Å². The Balaban J connectivity index is 3.21. The molecule has 0 saturated heterocycles. The molecule has 0 N–H and O–H groups in total. The second kappa shape index (κ2) is 5.47. The first kappa shape index (κ1) is 12.5. The number of hydrogen-bond donors (Lipinski definition) is 0. The van der Waals surface area contributed by atoms with Crippen LogP contribution in [-0.2, 0) is 16.4 Å². The van der Waals surface area contributed by atoms with Crippen LogP contribution in [0.15, 0.2) is 24.3 Å². The highest BCUT2D eigenvalue weighted by Gasteiger charge is 2.29. The van der Waals surface area contributed by atoms with E-state index in [1.807, 2.05) is 0 Å². The highest BCUT2D eigenvalue weighted by Crippen LogP contribution is 2.34. The third kappa shape index (κ3) is 2.32. The molecule has 0 aliphatic carbocycles. The fraction of sp³-hybridized carbons (Fsp3) is 0.538. The molecule has 1 rings (SSSR count). The molecule has 0 saturated carbocycles. The van der Waals surface area contributed by atoms with Crippen LogP contribution in [0.3, 0.4) is 0 Å². The minimum atomic E-state index is -0.177. The van der Waals surface area contributed by atoms with Crippen molar-refractivity contribution >= 4 is 10.5 Å². The highest BCUT2D eigenvalue weighted by atomic mass is 28.2. The number of hydrogen-bond acceptors (Lipinski definition) is 1. The Bertz CT molecular complexity index is 297. The van der Waals surface area contributed by atoms with Crippen LogP contribution < -0.4 is 0 Å². The molecular formula is C13H19OSi. The zero-order valence-corrected chi connectivity index (χ0v) is 10.8. The fourth-order valence-corrected chi connectivity index (χ4v) is 2.50. The van der Waals surface area contributed by atoms with E-state index in [-0.39, 0.29) is 5.60 Å². The smallest absolute Gasteiger partial charge is 0.247 e. The molecule has 3 radical (unpaired) electrons. The van der Waals surface area contributed by atoms with Crippen molar-refractivity contribution in [3.63, 3.8) is 0 Å². The first-order valence-corrected chi connectivity index (χ1v) is 6.08. The Hall–Kier alpha value is -0.603. The highest BCUT2D eigenvalue weighted by molar-refractivity contribution is 5.98. The van der Waals surface area contributed by atoms with E-state index in [4.69, 9.17) is 4.43 Å². The molecule has 0 aromatic heterocycles. The van der Waals surface area contributed by atoms with E-state index >= 15 is 0 Å². The molecule has 1 aromatic carbocycles. The quantitative estimate of drug-likeness (QED) is 0.690. The Labute approximate surface area is 96.4 Å². The van der Waals surface area contributed by atoms with Crippen LogP contribution in [0.2, 0.25) is 0 Å². The van der Waals surface area contributed by atoms with Crippen LogP contribution in [0.4, 0.5) is 0 Å². The predicted molar refractivity (Wildman–Crippen MR) is 64.9 cm³/mol. The molecule has 0 fully saturated rings. The standard InChI is InChI=1S/C13H19OSi/c1-4-11-9-7-8-10-12(11)13(5-2,6-3)14-15/h7-10H,4-6H2,1-3H3. The summed E-state index contributed by atoms with van der Waals surface area (Å²) in [4.78, 5) is 0. The van der Waals surface area contributed by atoms with Crippen LogP contribution in [-0.4, -0.2) is 10.5 Å². The maximum atomic E-state index is 5.57. The van der Waals surface area contributed by atoms with Crippen LogP contribution in [0.5, 0.6) is 0 Å². The largest absolute Gasteiger partial charge is 0.409 e. The molecule has 0 atom stereocenters. The molecule has 0 bridgehead atoms. The summed E-state index contributed by atoms with van der Waals surface area (Å²) in [5.41, 5.74) is 2.51. The maximum absolute atomic E-state index is 5.57. The van der Waals surface area contributed by atoms with Gasteiger partial charge in [-0.1, -0.05) is 45.0 Å². The molecule has 1 nitrogen and oxygen atoms in total. The minimum absolute atomic E-state index is 0.177. The van der Waals surface area contributed by atoms with Gasteiger partial charge in [0.05, 0.1) is 5.60 Å². The average Bonchev–Trinajstić information content (AvgIpc) is 2.33. The number of rotatable bonds is 5.